The number of benzene rings is 1. The first kappa shape index (κ1) is 16.4. The maximum Gasteiger partial charge on any atom is 0.126 e. The van der Waals surface area contributed by atoms with E-state index in [2.05, 4.69) is 12.2 Å². The summed E-state index contributed by atoms with van der Waals surface area (Å²) in [6.07, 6.45) is 9.56. The SMILES string of the molecule is CCCNC(Cc1cc(F)cc(F)c1)CC1CCCCC1. The summed E-state index contributed by atoms with van der Waals surface area (Å²) >= 11 is 0. The lowest BCUT2D eigenvalue weighted by atomic mass is 9.83. The average Bonchev–Trinajstić information content (AvgIpc) is 2.45. The minimum atomic E-state index is -0.475. The lowest BCUT2D eigenvalue weighted by Crippen LogP contribution is -2.34. The van der Waals surface area contributed by atoms with Crippen LogP contribution in [0.1, 0.15) is 57.4 Å². The zero-order valence-electron chi connectivity index (χ0n) is 13.0. The van der Waals surface area contributed by atoms with Crippen molar-refractivity contribution in [1.29, 1.82) is 0 Å². The van der Waals surface area contributed by atoms with E-state index in [9.17, 15) is 8.78 Å². The minimum absolute atomic E-state index is 0.328. The Kier molecular flexibility index (Phi) is 6.62. The summed E-state index contributed by atoms with van der Waals surface area (Å²) in [4.78, 5) is 0. The lowest BCUT2D eigenvalue weighted by Gasteiger charge is -2.27. The molecule has 1 aliphatic carbocycles. The standard InChI is InChI=1S/C18H27F2N/c1-2-8-21-18(11-14-6-4-3-5-7-14)12-15-9-16(19)13-17(20)10-15/h9-10,13-14,18,21H,2-8,11-12H2,1H3. The Labute approximate surface area is 127 Å². The van der Waals surface area contributed by atoms with Gasteiger partial charge in [-0.15, -0.1) is 0 Å². The van der Waals surface area contributed by atoms with Crippen LogP contribution in [0.15, 0.2) is 18.2 Å². The van der Waals surface area contributed by atoms with Crippen LogP contribution < -0.4 is 5.32 Å². The van der Waals surface area contributed by atoms with Gasteiger partial charge in [0, 0.05) is 12.1 Å². The Morgan fingerprint density at radius 1 is 1.10 bits per heavy atom. The molecule has 1 aliphatic rings. The van der Waals surface area contributed by atoms with E-state index in [-0.39, 0.29) is 0 Å². The predicted molar refractivity (Wildman–Crippen MR) is 83.3 cm³/mol. The fourth-order valence-electron chi connectivity index (χ4n) is 3.43. The molecule has 21 heavy (non-hydrogen) atoms. The summed E-state index contributed by atoms with van der Waals surface area (Å²) in [5, 5.41) is 3.56. The highest BCUT2D eigenvalue weighted by molar-refractivity contribution is 5.19. The summed E-state index contributed by atoms with van der Waals surface area (Å²) in [5.74, 6) is -0.180. The molecular formula is C18H27F2N. The van der Waals surface area contributed by atoms with E-state index < -0.39 is 11.6 Å². The molecule has 0 heterocycles. The third-order valence-corrected chi connectivity index (χ3v) is 4.43. The summed E-state index contributed by atoms with van der Waals surface area (Å²) in [6, 6.07) is 4.20. The van der Waals surface area contributed by atoms with Gasteiger partial charge in [-0.2, -0.15) is 0 Å². The average molecular weight is 295 g/mol. The molecule has 1 unspecified atom stereocenters. The fourth-order valence-corrected chi connectivity index (χ4v) is 3.43. The van der Waals surface area contributed by atoms with Crippen LogP contribution in [0.5, 0.6) is 0 Å². The van der Waals surface area contributed by atoms with Crippen LogP contribution in [-0.4, -0.2) is 12.6 Å². The lowest BCUT2D eigenvalue weighted by molar-refractivity contribution is 0.296. The number of hydrogen-bond acceptors (Lipinski definition) is 1. The fraction of sp³-hybridized carbons (Fsp3) is 0.667. The van der Waals surface area contributed by atoms with Crippen molar-refractivity contribution in [2.24, 2.45) is 5.92 Å². The largest absolute Gasteiger partial charge is 0.314 e. The smallest absolute Gasteiger partial charge is 0.126 e. The van der Waals surface area contributed by atoms with E-state index in [1.54, 1.807) is 0 Å². The van der Waals surface area contributed by atoms with Gasteiger partial charge in [-0.3, -0.25) is 0 Å². The van der Waals surface area contributed by atoms with Crippen LogP contribution in [0.25, 0.3) is 0 Å². The first-order valence-corrected chi connectivity index (χ1v) is 8.35. The van der Waals surface area contributed by atoms with E-state index in [4.69, 9.17) is 0 Å². The molecule has 0 bridgehead atoms. The van der Waals surface area contributed by atoms with Crippen molar-refractivity contribution in [3.8, 4) is 0 Å². The molecule has 0 aliphatic heterocycles. The number of rotatable bonds is 7. The van der Waals surface area contributed by atoms with Crippen LogP contribution in [-0.2, 0) is 6.42 Å². The van der Waals surface area contributed by atoms with Gasteiger partial charge in [-0.05, 0) is 49.4 Å². The number of nitrogens with one attached hydrogen (secondary N) is 1. The van der Waals surface area contributed by atoms with Gasteiger partial charge < -0.3 is 5.32 Å². The quantitative estimate of drug-likeness (QED) is 0.758. The van der Waals surface area contributed by atoms with Crippen LogP contribution in [0, 0.1) is 17.6 Å². The van der Waals surface area contributed by atoms with Crippen LogP contribution in [0.3, 0.4) is 0 Å². The summed E-state index contributed by atoms with van der Waals surface area (Å²) < 4.78 is 26.7. The van der Waals surface area contributed by atoms with Gasteiger partial charge in [0.15, 0.2) is 0 Å². The molecule has 118 valence electrons. The summed E-state index contributed by atoms with van der Waals surface area (Å²) in [5.41, 5.74) is 0.761. The molecule has 1 N–H and O–H groups in total. The van der Waals surface area contributed by atoms with Gasteiger partial charge >= 0.3 is 0 Å². The van der Waals surface area contributed by atoms with Gasteiger partial charge in [-0.1, -0.05) is 39.0 Å². The van der Waals surface area contributed by atoms with Crippen molar-refractivity contribution in [2.75, 3.05) is 6.54 Å². The molecular weight excluding hydrogens is 268 g/mol. The molecule has 0 spiro atoms. The first-order chi connectivity index (χ1) is 10.2. The Balaban J connectivity index is 1.97. The molecule has 0 radical (unpaired) electrons. The van der Waals surface area contributed by atoms with Crippen molar-refractivity contribution >= 4 is 0 Å². The van der Waals surface area contributed by atoms with E-state index >= 15 is 0 Å². The third kappa shape index (κ3) is 5.74. The Morgan fingerprint density at radius 3 is 2.38 bits per heavy atom. The molecule has 1 saturated carbocycles. The predicted octanol–water partition coefficient (Wildman–Crippen LogP) is 4.85. The molecule has 1 aromatic carbocycles. The van der Waals surface area contributed by atoms with E-state index in [1.165, 1.54) is 44.2 Å². The zero-order chi connectivity index (χ0) is 15.1. The summed E-state index contributed by atoms with van der Waals surface area (Å²) in [7, 11) is 0. The second-order valence-corrected chi connectivity index (χ2v) is 6.37. The maximum atomic E-state index is 13.3. The highest BCUT2D eigenvalue weighted by Crippen LogP contribution is 2.28. The molecule has 2 rings (SSSR count). The number of halogens is 2. The van der Waals surface area contributed by atoms with Crippen LogP contribution in [0.2, 0.25) is 0 Å². The van der Waals surface area contributed by atoms with E-state index in [0.29, 0.717) is 12.5 Å². The molecule has 3 heteroatoms. The highest BCUT2D eigenvalue weighted by Gasteiger charge is 2.19. The van der Waals surface area contributed by atoms with Crippen LogP contribution >= 0.6 is 0 Å². The topological polar surface area (TPSA) is 12.0 Å². The van der Waals surface area contributed by atoms with E-state index in [1.807, 2.05) is 0 Å². The molecule has 1 aromatic rings. The van der Waals surface area contributed by atoms with Gasteiger partial charge in [0.2, 0.25) is 0 Å². The van der Waals surface area contributed by atoms with Crippen molar-refractivity contribution in [1.82, 2.24) is 5.32 Å². The minimum Gasteiger partial charge on any atom is -0.314 e. The normalized spacial score (nSPS) is 17.9. The Hall–Kier alpha value is -0.960. The van der Waals surface area contributed by atoms with Gasteiger partial charge in [0.05, 0.1) is 0 Å². The maximum absolute atomic E-state index is 13.3. The number of hydrogen-bond donors (Lipinski definition) is 1. The van der Waals surface area contributed by atoms with E-state index in [0.717, 1.165) is 36.9 Å². The highest BCUT2D eigenvalue weighted by atomic mass is 19.1. The zero-order valence-corrected chi connectivity index (χ0v) is 13.0. The molecule has 1 nitrogen and oxygen atoms in total. The molecule has 1 atom stereocenters. The van der Waals surface area contributed by atoms with Crippen molar-refractivity contribution < 1.29 is 8.78 Å². The third-order valence-electron chi connectivity index (χ3n) is 4.43. The molecule has 0 saturated heterocycles. The molecule has 1 fully saturated rings. The second-order valence-electron chi connectivity index (χ2n) is 6.37. The van der Waals surface area contributed by atoms with Gasteiger partial charge in [0.25, 0.3) is 0 Å². The Bertz CT molecular complexity index is 407. The van der Waals surface area contributed by atoms with Gasteiger partial charge in [0.1, 0.15) is 11.6 Å². The monoisotopic (exact) mass is 295 g/mol. The van der Waals surface area contributed by atoms with Crippen molar-refractivity contribution in [2.45, 2.75) is 64.3 Å². The van der Waals surface area contributed by atoms with Gasteiger partial charge in [-0.25, -0.2) is 8.78 Å². The Morgan fingerprint density at radius 2 is 1.76 bits per heavy atom. The van der Waals surface area contributed by atoms with Crippen LogP contribution in [0.4, 0.5) is 8.78 Å². The first-order valence-electron chi connectivity index (χ1n) is 8.35. The summed E-state index contributed by atoms with van der Waals surface area (Å²) in [6.45, 7) is 3.11. The second kappa shape index (κ2) is 8.47. The van der Waals surface area contributed by atoms with Crippen molar-refractivity contribution in [3.05, 3.63) is 35.4 Å². The molecule has 0 aromatic heterocycles. The molecule has 0 amide bonds. The van der Waals surface area contributed by atoms with Crippen molar-refractivity contribution in [3.63, 3.8) is 0 Å².